The predicted molar refractivity (Wildman–Crippen MR) is 115 cm³/mol. The fraction of sp³-hybridized carbons (Fsp3) is 0.273. The molecule has 0 aliphatic heterocycles. The van der Waals surface area contributed by atoms with Crippen LogP contribution >= 0.6 is 0 Å². The first-order chi connectivity index (χ1) is 15.1. The van der Waals surface area contributed by atoms with Crippen molar-refractivity contribution in [3.63, 3.8) is 0 Å². The molecule has 0 unspecified atom stereocenters. The molecule has 0 spiro atoms. The Balaban J connectivity index is 1.28. The van der Waals surface area contributed by atoms with Crippen LogP contribution in [-0.2, 0) is 11.3 Å². The van der Waals surface area contributed by atoms with E-state index in [1.54, 1.807) is 35.5 Å². The van der Waals surface area contributed by atoms with E-state index in [9.17, 15) is 4.79 Å². The van der Waals surface area contributed by atoms with E-state index in [1.807, 2.05) is 30.8 Å². The average molecular weight is 414 g/mol. The molecule has 31 heavy (non-hydrogen) atoms. The number of nitrogens with zero attached hydrogens (tertiary/aromatic N) is 7. The standard InChI is InChI=1S/C22H22N8O/c1-14-22(17-10-26-30(12-17)18-4-5-18)15(2)29(28-14)13-21(31)27-20-6-3-16(9-25-20)19-11-23-7-8-24-19/h3,6-12,18H,4-5,13H2,1-2H3,(H,25,27,31). The highest BCUT2D eigenvalue weighted by Gasteiger charge is 2.25. The van der Waals surface area contributed by atoms with Crippen LogP contribution in [0.4, 0.5) is 5.82 Å². The minimum Gasteiger partial charge on any atom is -0.309 e. The maximum Gasteiger partial charge on any atom is 0.247 e. The summed E-state index contributed by atoms with van der Waals surface area (Å²) in [6.45, 7) is 4.04. The molecular formula is C22H22N8O. The van der Waals surface area contributed by atoms with Gasteiger partial charge in [0.2, 0.25) is 5.91 Å². The first kappa shape index (κ1) is 19.1. The van der Waals surface area contributed by atoms with Crippen LogP contribution in [0.15, 0.2) is 49.3 Å². The minimum atomic E-state index is -0.189. The second kappa shape index (κ2) is 7.75. The summed E-state index contributed by atoms with van der Waals surface area (Å²) in [7, 11) is 0. The fourth-order valence-electron chi connectivity index (χ4n) is 3.66. The number of aromatic nitrogens is 7. The van der Waals surface area contributed by atoms with Crippen molar-refractivity contribution in [1.82, 2.24) is 34.5 Å². The summed E-state index contributed by atoms with van der Waals surface area (Å²) in [6, 6.07) is 4.13. The van der Waals surface area contributed by atoms with E-state index >= 15 is 0 Å². The zero-order chi connectivity index (χ0) is 21.4. The van der Waals surface area contributed by atoms with E-state index in [0.717, 1.165) is 33.8 Å². The van der Waals surface area contributed by atoms with Crippen molar-refractivity contribution in [3.05, 3.63) is 60.7 Å². The summed E-state index contributed by atoms with van der Waals surface area (Å²) in [5.41, 5.74) is 5.45. The Kier molecular flexibility index (Phi) is 4.78. The summed E-state index contributed by atoms with van der Waals surface area (Å²) in [6.07, 6.45) is 12.9. The molecule has 4 aromatic rings. The third kappa shape index (κ3) is 3.94. The third-order valence-corrected chi connectivity index (χ3v) is 5.38. The summed E-state index contributed by atoms with van der Waals surface area (Å²) in [4.78, 5) is 25.2. The molecule has 1 N–H and O–H groups in total. The highest BCUT2D eigenvalue weighted by molar-refractivity contribution is 5.89. The lowest BCUT2D eigenvalue weighted by Gasteiger charge is -2.07. The molecule has 4 heterocycles. The maximum absolute atomic E-state index is 12.6. The number of pyridine rings is 1. The van der Waals surface area contributed by atoms with Crippen molar-refractivity contribution < 1.29 is 4.79 Å². The van der Waals surface area contributed by atoms with Gasteiger partial charge in [-0.3, -0.25) is 24.1 Å². The van der Waals surface area contributed by atoms with E-state index in [0.29, 0.717) is 11.9 Å². The second-order valence-corrected chi connectivity index (χ2v) is 7.71. The van der Waals surface area contributed by atoms with Crippen LogP contribution in [0, 0.1) is 13.8 Å². The Bertz CT molecular complexity index is 1220. The van der Waals surface area contributed by atoms with Crippen molar-refractivity contribution in [2.45, 2.75) is 39.3 Å². The predicted octanol–water partition coefficient (Wildman–Crippen LogP) is 3.19. The van der Waals surface area contributed by atoms with Crippen LogP contribution in [0.3, 0.4) is 0 Å². The van der Waals surface area contributed by atoms with Crippen molar-refractivity contribution in [2.75, 3.05) is 5.32 Å². The number of hydrogen-bond donors (Lipinski definition) is 1. The molecule has 156 valence electrons. The van der Waals surface area contributed by atoms with E-state index in [4.69, 9.17) is 0 Å². The maximum atomic E-state index is 12.6. The number of amides is 1. The van der Waals surface area contributed by atoms with Crippen LogP contribution in [0.5, 0.6) is 0 Å². The van der Waals surface area contributed by atoms with Crippen molar-refractivity contribution in [1.29, 1.82) is 0 Å². The number of rotatable bonds is 6. The van der Waals surface area contributed by atoms with Gasteiger partial charge in [0.15, 0.2) is 0 Å². The molecule has 1 amide bonds. The summed E-state index contributed by atoms with van der Waals surface area (Å²) in [5, 5.41) is 11.9. The van der Waals surface area contributed by atoms with Crippen LogP contribution in [0.2, 0.25) is 0 Å². The van der Waals surface area contributed by atoms with Crippen LogP contribution in [0.25, 0.3) is 22.4 Å². The van der Waals surface area contributed by atoms with Crippen molar-refractivity contribution in [3.8, 4) is 22.4 Å². The minimum absolute atomic E-state index is 0.108. The molecule has 5 rings (SSSR count). The van der Waals surface area contributed by atoms with Gasteiger partial charge in [0.1, 0.15) is 12.4 Å². The first-order valence-corrected chi connectivity index (χ1v) is 10.2. The zero-order valence-corrected chi connectivity index (χ0v) is 17.4. The van der Waals surface area contributed by atoms with Crippen molar-refractivity contribution in [2.24, 2.45) is 0 Å². The Morgan fingerprint density at radius 1 is 1.10 bits per heavy atom. The lowest BCUT2D eigenvalue weighted by molar-refractivity contribution is -0.117. The Morgan fingerprint density at radius 2 is 1.97 bits per heavy atom. The van der Waals surface area contributed by atoms with Gasteiger partial charge in [0, 0.05) is 47.2 Å². The van der Waals surface area contributed by atoms with Gasteiger partial charge in [-0.05, 0) is 38.8 Å². The number of anilines is 1. The van der Waals surface area contributed by atoms with E-state index in [1.165, 1.54) is 12.8 Å². The first-order valence-electron chi connectivity index (χ1n) is 10.2. The van der Waals surface area contributed by atoms with Crippen LogP contribution in [0.1, 0.15) is 30.3 Å². The number of hydrogen-bond acceptors (Lipinski definition) is 6. The van der Waals surface area contributed by atoms with Gasteiger partial charge in [-0.1, -0.05) is 0 Å². The normalized spacial score (nSPS) is 13.4. The molecule has 4 aromatic heterocycles. The summed E-state index contributed by atoms with van der Waals surface area (Å²) >= 11 is 0. The Labute approximate surface area is 179 Å². The quantitative estimate of drug-likeness (QED) is 0.520. The van der Waals surface area contributed by atoms with E-state index in [-0.39, 0.29) is 12.5 Å². The second-order valence-electron chi connectivity index (χ2n) is 7.71. The number of carbonyl (C=O) groups excluding carboxylic acids is 1. The fourth-order valence-corrected chi connectivity index (χ4v) is 3.66. The Hall–Kier alpha value is -3.88. The molecule has 9 nitrogen and oxygen atoms in total. The molecule has 1 saturated carbocycles. The number of nitrogens with one attached hydrogen (secondary N) is 1. The SMILES string of the molecule is Cc1nn(CC(=O)Nc2ccc(-c3cnccn3)cn2)c(C)c1-c1cnn(C2CC2)c1. The largest absolute Gasteiger partial charge is 0.309 e. The molecule has 0 aromatic carbocycles. The number of aryl methyl sites for hydroxylation is 1. The molecule has 0 bridgehead atoms. The van der Waals surface area contributed by atoms with E-state index in [2.05, 4.69) is 36.7 Å². The summed E-state index contributed by atoms with van der Waals surface area (Å²) in [5.74, 6) is 0.288. The van der Waals surface area contributed by atoms with Gasteiger partial charge in [-0.2, -0.15) is 10.2 Å². The lowest BCUT2D eigenvalue weighted by Crippen LogP contribution is -2.20. The van der Waals surface area contributed by atoms with Crippen LogP contribution in [-0.4, -0.2) is 40.4 Å². The third-order valence-electron chi connectivity index (χ3n) is 5.38. The monoisotopic (exact) mass is 414 g/mol. The van der Waals surface area contributed by atoms with Gasteiger partial charge >= 0.3 is 0 Å². The van der Waals surface area contributed by atoms with Gasteiger partial charge in [-0.25, -0.2) is 4.98 Å². The lowest BCUT2D eigenvalue weighted by atomic mass is 10.1. The average Bonchev–Trinajstić information content (AvgIpc) is 3.45. The summed E-state index contributed by atoms with van der Waals surface area (Å²) < 4.78 is 3.75. The smallest absolute Gasteiger partial charge is 0.247 e. The van der Waals surface area contributed by atoms with Gasteiger partial charge in [0.25, 0.3) is 0 Å². The molecular weight excluding hydrogens is 392 g/mol. The molecule has 1 aliphatic carbocycles. The molecule has 0 radical (unpaired) electrons. The Morgan fingerprint density at radius 3 is 2.68 bits per heavy atom. The molecule has 0 saturated heterocycles. The highest BCUT2D eigenvalue weighted by atomic mass is 16.2. The van der Waals surface area contributed by atoms with E-state index < -0.39 is 0 Å². The molecule has 9 heteroatoms. The zero-order valence-electron chi connectivity index (χ0n) is 17.4. The van der Waals surface area contributed by atoms with Crippen molar-refractivity contribution >= 4 is 11.7 Å². The van der Waals surface area contributed by atoms with Gasteiger partial charge < -0.3 is 5.32 Å². The van der Waals surface area contributed by atoms with Gasteiger partial charge in [-0.15, -0.1) is 0 Å². The number of carbonyl (C=O) groups is 1. The molecule has 1 aliphatic rings. The molecule has 1 fully saturated rings. The highest BCUT2D eigenvalue weighted by Crippen LogP contribution is 2.36. The van der Waals surface area contributed by atoms with Gasteiger partial charge in [0.05, 0.1) is 29.8 Å². The molecule has 0 atom stereocenters. The topological polar surface area (TPSA) is 103 Å². The van der Waals surface area contributed by atoms with Crippen LogP contribution < -0.4 is 5.32 Å².